The van der Waals surface area contributed by atoms with Gasteiger partial charge in [-0.1, -0.05) is 6.08 Å². The van der Waals surface area contributed by atoms with E-state index in [1.165, 1.54) is 0 Å². The zero-order valence-corrected chi connectivity index (χ0v) is 5.65. The molecule has 2 nitrogen and oxygen atoms in total. The van der Waals surface area contributed by atoms with E-state index in [4.69, 9.17) is 5.73 Å². The van der Waals surface area contributed by atoms with Crippen LogP contribution in [0.25, 0.3) is 0 Å². The lowest BCUT2D eigenvalue weighted by Gasteiger charge is -2.10. The summed E-state index contributed by atoms with van der Waals surface area (Å²) in [5.41, 5.74) is 7.70. The van der Waals surface area contributed by atoms with Gasteiger partial charge in [0.05, 0.1) is 5.70 Å². The highest BCUT2D eigenvalue weighted by atomic mass is 14.9. The average Bonchev–Trinajstić information content (AvgIpc) is 1.89. The van der Waals surface area contributed by atoms with E-state index in [0.29, 0.717) is 0 Å². The SMILES string of the molecule is CNC1=C(N)CCC=C1. The van der Waals surface area contributed by atoms with E-state index in [2.05, 4.69) is 11.4 Å². The van der Waals surface area contributed by atoms with Crippen LogP contribution in [0.2, 0.25) is 0 Å². The van der Waals surface area contributed by atoms with E-state index >= 15 is 0 Å². The quantitative estimate of drug-likeness (QED) is 0.540. The Hall–Kier alpha value is -0.920. The maximum atomic E-state index is 5.66. The van der Waals surface area contributed by atoms with Crippen LogP contribution in [0.3, 0.4) is 0 Å². The Balaban J connectivity index is 2.72. The third-order valence-corrected chi connectivity index (χ3v) is 1.48. The molecule has 0 spiro atoms. The van der Waals surface area contributed by atoms with Crippen LogP contribution in [0.5, 0.6) is 0 Å². The maximum Gasteiger partial charge on any atom is 0.0525 e. The van der Waals surface area contributed by atoms with Gasteiger partial charge < -0.3 is 11.1 Å². The summed E-state index contributed by atoms with van der Waals surface area (Å²) < 4.78 is 0. The van der Waals surface area contributed by atoms with Crippen LogP contribution in [-0.2, 0) is 0 Å². The van der Waals surface area contributed by atoms with E-state index in [0.717, 1.165) is 24.2 Å². The van der Waals surface area contributed by atoms with Crippen molar-refractivity contribution in [3.63, 3.8) is 0 Å². The van der Waals surface area contributed by atoms with Gasteiger partial charge in [-0.3, -0.25) is 0 Å². The fourth-order valence-corrected chi connectivity index (χ4v) is 0.926. The van der Waals surface area contributed by atoms with Crippen LogP contribution < -0.4 is 11.1 Å². The van der Waals surface area contributed by atoms with Crippen molar-refractivity contribution in [2.45, 2.75) is 12.8 Å². The number of nitrogens with two attached hydrogens (primary N) is 1. The smallest absolute Gasteiger partial charge is 0.0525 e. The van der Waals surface area contributed by atoms with E-state index in [9.17, 15) is 0 Å². The molecule has 0 saturated carbocycles. The Morgan fingerprint density at radius 1 is 1.67 bits per heavy atom. The fraction of sp³-hybridized carbons (Fsp3) is 0.429. The molecule has 1 aliphatic carbocycles. The minimum Gasteiger partial charge on any atom is -0.400 e. The van der Waals surface area contributed by atoms with Crippen molar-refractivity contribution >= 4 is 0 Å². The first-order chi connectivity index (χ1) is 4.34. The largest absolute Gasteiger partial charge is 0.400 e. The van der Waals surface area contributed by atoms with Crippen molar-refractivity contribution < 1.29 is 0 Å². The molecule has 0 aromatic heterocycles. The van der Waals surface area contributed by atoms with Gasteiger partial charge in [-0.25, -0.2) is 0 Å². The fourth-order valence-electron chi connectivity index (χ4n) is 0.926. The molecular weight excluding hydrogens is 112 g/mol. The number of hydrogen-bond donors (Lipinski definition) is 2. The Morgan fingerprint density at radius 3 is 2.89 bits per heavy atom. The van der Waals surface area contributed by atoms with E-state index in [1.54, 1.807) is 0 Å². The summed E-state index contributed by atoms with van der Waals surface area (Å²) in [4.78, 5) is 0. The minimum atomic E-state index is 0.972. The number of allylic oxidation sites excluding steroid dienone is 3. The Morgan fingerprint density at radius 2 is 2.44 bits per heavy atom. The maximum absolute atomic E-state index is 5.66. The first-order valence-corrected chi connectivity index (χ1v) is 3.17. The molecule has 1 aliphatic rings. The van der Waals surface area contributed by atoms with Crippen molar-refractivity contribution in [2.24, 2.45) is 5.73 Å². The predicted octanol–water partition coefficient (Wildman–Crippen LogP) is 0.726. The van der Waals surface area contributed by atoms with Gasteiger partial charge in [-0.05, 0) is 18.9 Å². The Labute approximate surface area is 55.4 Å². The summed E-state index contributed by atoms with van der Waals surface area (Å²) in [6.07, 6.45) is 6.23. The van der Waals surface area contributed by atoms with Gasteiger partial charge in [0.15, 0.2) is 0 Å². The lowest BCUT2D eigenvalue weighted by atomic mass is 10.1. The van der Waals surface area contributed by atoms with Crippen LogP contribution in [0, 0.1) is 0 Å². The highest BCUT2D eigenvalue weighted by Crippen LogP contribution is 2.10. The van der Waals surface area contributed by atoms with Crippen molar-refractivity contribution in [3.05, 3.63) is 23.5 Å². The topological polar surface area (TPSA) is 38.0 Å². The molecule has 2 heteroatoms. The summed E-state index contributed by atoms with van der Waals surface area (Å²) in [6.45, 7) is 0. The second-order valence-electron chi connectivity index (χ2n) is 2.13. The lowest BCUT2D eigenvalue weighted by Crippen LogP contribution is -2.14. The molecule has 0 radical (unpaired) electrons. The second-order valence-corrected chi connectivity index (χ2v) is 2.13. The molecule has 9 heavy (non-hydrogen) atoms. The lowest BCUT2D eigenvalue weighted by molar-refractivity contribution is 0.868. The highest BCUT2D eigenvalue weighted by Gasteiger charge is 2.00. The summed E-state index contributed by atoms with van der Waals surface area (Å²) in [5, 5.41) is 3.02. The molecule has 0 fully saturated rings. The zero-order valence-electron chi connectivity index (χ0n) is 5.65. The summed E-state index contributed by atoms with van der Waals surface area (Å²) in [5.74, 6) is 0. The molecule has 0 aromatic carbocycles. The van der Waals surface area contributed by atoms with Crippen molar-refractivity contribution in [1.29, 1.82) is 0 Å². The number of nitrogens with one attached hydrogen (secondary N) is 1. The second kappa shape index (κ2) is 2.58. The van der Waals surface area contributed by atoms with Gasteiger partial charge in [0.1, 0.15) is 0 Å². The first-order valence-electron chi connectivity index (χ1n) is 3.17. The first kappa shape index (κ1) is 6.20. The van der Waals surface area contributed by atoms with Crippen LogP contribution in [0.1, 0.15) is 12.8 Å². The molecule has 0 unspecified atom stereocenters. The highest BCUT2D eigenvalue weighted by molar-refractivity contribution is 5.25. The zero-order chi connectivity index (χ0) is 6.69. The Bertz CT molecular complexity index is 156. The van der Waals surface area contributed by atoms with Crippen LogP contribution >= 0.6 is 0 Å². The summed E-state index contributed by atoms with van der Waals surface area (Å²) in [6, 6.07) is 0. The number of likely N-dealkylation sites (N-methyl/N-ethyl adjacent to an activating group) is 1. The third kappa shape index (κ3) is 1.25. The van der Waals surface area contributed by atoms with Crippen molar-refractivity contribution in [1.82, 2.24) is 5.32 Å². The molecule has 0 aliphatic heterocycles. The predicted molar refractivity (Wildman–Crippen MR) is 38.6 cm³/mol. The van der Waals surface area contributed by atoms with Gasteiger partial charge in [0.2, 0.25) is 0 Å². The van der Waals surface area contributed by atoms with Crippen LogP contribution in [0.15, 0.2) is 23.5 Å². The molecule has 3 N–H and O–H groups in total. The minimum absolute atomic E-state index is 0.972. The monoisotopic (exact) mass is 124 g/mol. The summed E-state index contributed by atoms with van der Waals surface area (Å²) in [7, 11) is 1.89. The van der Waals surface area contributed by atoms with Gasteiger partial charge in [0, 0.05) is 12.7 Å². The van der Waals surface area contributed by atoms with Gasteiger partial charge in [-0.2, -0.15) is 0 Å². The normalized spacial score (nSPS) is 18.3. The molecule has 0 bridgehead atoms. The third-order valence-electron chi connectivity index (χ3n) is 1.48. The Kier molecular flexibility index (Phi) is 1.78. The molecule has 1 rings (SSSR count). The number of rotatable bonds is 1. The molecule has 0 aromatic rings. The van der Waals surface area contributed by atoms with Gasteiger partial charge in [0.25, 0.3) is 0 Å². The van der Waals surface area contributed by atoms with Gasteiger partial charge in [-0.15, -0.1) is 0 Å². The molecule has 0 amide bonds. The molecular formula is C7H12N2. The number of hydrogen-bond acceptors (Lipinski definition) is 2. The van der Waals surface area contributed by atoms with E-state index < -0.39 is 0 Å². The molecule has 50 valence electrons. The van der Waals surface area contributed by atoms with E-state index in [1.807, 2.05) is 13.1 Å². The van der Waals surface area contributed by atoms with Crippen molar-refractivity contribution in [2.75, 3.05) is 7.05 Å². The van der Waals surface area contributed by atoms with Gasteiger partial charge >= 0.3 is 0 Å². The van der Waals surface area contributed by atoms with E-state index in [-0.39, 0.29) is 0 Å². The van der Waals surface area contributed by atoms with Crippen molar-refractivity contribution in [3.8, 4) is 0 Å². The molecule has 0 saturated heterocycles. The molecule has 0 heterocycles. The average molecular weight is 124 g/mol. The standard InChI is InChI=1S/C7H12N2/c1-9-7-5-3-2-4-6(7)8/h3,5,9H,2,4,8H2,1H3. The van der Waals surface area contributed by atoms with Crippen LogP contribution in [-0.4, -0.2) is 7.05 Å². The molecule has 0 atom stereocenters. The van der Waals surface area contributed by atoms with Crippen LogP contribution in [0.4, 0.5) is 0 Å². The summed E-state index contributed by atoms with van der Waals surface area (Å²) >= 11 is 0.